The molecule has 0 spiro atoms. The van der Waals surface area contributed by atoms with Gasteiger partial charge in [0.15, 0.2) is 0 Å². The van der Waals surface area contributed by atoms with E-state index in [0.717, 1.165) is 22.0 Å². The molecule has 3 rings (SSSR count). The number of hydrogen-bond acceptors (Lipinski definition) is 2. The van der Waals surface area contributed by atoms with Gasteiger partial charge in [0.25, 0.3) is 0 Å². The molecule has 4 heteroatoms. The number of phenolic OH excluding ortho intramolecular Hbond substituents is 1. The molecule has 0 aliphatic carbocycles. The van der Waals surface area contributed by atoms with Crippen LogP contribution in [0, 0.1) is 6.92 Å². The number of aromatic nitrogens is 1. The zero-order chi connectivity index (χ0) is 14.8. The van der Waals surface area contributed by atoms with E-state index in [1.54, 1.807) is 25.1 Å². The lowest BCUT2D eigenvalue weighted by Gasteiger charge is -2.06. The van der Waals surface area contributed by atoms with Gasteiger partial charge < -0.3 is 15.4 Å². The van der Waals surface area contributed by atoms with E-state index in [9.17, 15) is 9.90 Å². The number of rotatable bonds is 3. The fourth-order valence-electron chi connectivity index (χ4n) is 2.39. The van der Waals surface area contributed by atoms with Crippen LogP contribution < -0.4 is 5.32 Å². The van der Waals surface area contributed by atoms with Crippen LogP contribution in [0.15, 0.2) is 48.7 Å². The van der Waals surface area contributed by atoms with E-state index in [4.69, 9.17) is 0 Å². The van der Waals surface area contributed by atoms with E-state index >= 15 is 0 Å². The summed E-state index contributed by atoms with van der Waals surface area (Å²) in [5.41, 5.74) is 3.43. The monoisotopic (exact) mass is 280 g/mol. The molecule has 0 saturated carbocycles. The van der Waals surface area contributed by atoms with Crippen LogP contribution in [0.2, 0.25) is 0 Å². The van der Waals surface area contributed by atoms with Crippen LogP contribution in [0.3, 0.4) is 0 Å². The van der Waals surface area contributed by atoms with E-state index in [-0.39, 0.29) is 11.7 Å². The zero-order valence-corrected chi connectivity index (χ0v) is 11.7. The van der Waals surface area contributed by atoms with Crippen LogP contribution in [0.1, 0.15) is 11.1 Å². The van der Waals surface area contributed by atoms with Crippen LogP contribution >= 0.6 is 0 Å². The highest BCUT2D eigenvalue weighted by molar-refractivity contribution is 5.95. The summed E-state index contributed by atoms with van der Waals surface area (Å²) in [4.78, 5) is 15.3. The van der Waals surface area contributed by atoms with Crippen molar-refractivity contribution >= 4 is 22.5 Å². The summed E-state index contributed by atoms with van der Waals surface area (Å²) in [5.74, 6) is 0.148. The Hall–Kier alpha value is -2.75. The maximum Gasteiger partial charge on any atom is 0.228 e. The Morgan fingerprint density at radius 2 is 2.05 bits per heavy atom. The number of nitrogens with one attached hydrogen (secondary N) is 2. The maximum absolute atomic E-state index is 12.1. The number of aryl methyl sites for hydroxylation is 1. The van der Waals surface area contributed by atoms with Crippen molar-refractivity contribution in [1.29, 1.82) is 0 Å². The molecule has 4 nitrogen and oxygen atoms in total. The molecule has 1 aromatic heterocycles. The number of carbonyl (C=O) groups excluding carboxylic acids is 1. The van der Waals surface area contributed by atoms with E-state index in [1.165, 1.54) is 0 Å². The lowest BCUT2D eigenvalue weighted by atomic mass is 10.1. The first kappa shape index (κ1) is 13.2. The fraction of sp³-hybridized carbons (Fsp3) is 0.118. The fourth-order valence-corrected chi connectivity index (χ4v) is 2.39. The van der Waals surface area contributed by atoms with Gasteiger partial charge >= 0.3 is 0 Å². The molecule has 0 unspecified atom stereocenters. The average molecular weight is 280 g/mol. The Morgan fingerprint density at radius 3 is 2.86 bits per heavy atom. The number of carbonyl (C=O) groups is 1. The summed E-state index contributed by atoms with van der Waals surface area (Å²) in [7, 11) is 0. The van der Waals surface area contributed by atoms with Crippen LogP contribution in [-0.4, -0.2) is 16.0 Å². The number of H-pyrrole nitrogens is 1. The first-order valence-corrected chi connectivity index (χ1v) is 6.78. The number of para-hydroxylation sites is 1. The summed E-state index contributed by atoms with van der Waals surface area (Å²) in [5, 5.41) is 13.4. The topological polar surface area (TPSA) is 65.1 Å². The first-order valence-electron chi connectivity index (χ1n) is 6.78. The van der Waals surface area contributed by atoms with Gasteiger partial charge in [0.1, 0.15) is 5.75 Å². The van der Waals surface area contributed by atoms with E-state index < -0.39 is 0 Å². The Kier molecular flexibility index (Phi) is 3.36. The Bertz CT molecular complexity index is 805. The molecule has 0 fully saturated rings. The van der Waals surface area contributed by atoms with Crippen LogP contribution in [0.5, 0.6) is 5.75 Å². The molecule has 0 aliphatic rings. The van der Waals surface area contributed by atoms with Crippen molar-refractivity contribution in [3.63, 3.8) is 0 Å². The molecular weight excluding hydrogens is 264 g/mol. The second-order valence-electron chi connectivity index (χ2n) is 5.09. The van der Waals surface area contributed by atoms with Gasteiger partial charge in [-0.05, 0) is 42.3 Å². The van der Waals surface area contributed by atoms with Crippen molar-refractivity contribution in [3.8, 4) is 5.75 Å². The lowest BCUT2D eigenvalue weighted by Crippen LogP contribution is -2.14. The summed E-state index contributed by atoms with van der Waals surface area (Å²) in [6.07, 6.45) is 2.18. The minimum Gasteiger partial charge on any atom is -0.508 e. The van der Waals surface area contributed by atoms with Gasteiger partial charge in [0, 0.05) is 22.8 Å². The third-order valence-electron chi connectivity index (χ3n) is 3.51. The highest BCUT2D eigenvalue weighted by atomic mass is 16.3. The smallest absolute Gasteiger partial charge is 0.228 e. The predicted molar refractivity (Wildman–Crippen MR) is 83.5 cm³/mol. The molecule has 0 saturated heterocycles. The SMILES string of the molecule is Cc1cc(NC(=O)Cc2c[nH]c3ccccc23)ccc1O. The van der Waals surface area contributed by atoms with Crippen molar-refractivity contribution in [2.75, 3.05) is 5.32 Å². The van der Waals surface area contributed by atoms with Crippen LogP contribution in [0.25, 0.3) is 10.9 Å². The van der Waals surface area contributed by atoms with E-state index in [2.05, 4.69) is 10.3 Å². The molecule has 0 atom stereocenters. The Balaban J connectivity index is 1.75. The molecule has 0 aliphatic heterocycles. The normalized spacial score (nSPS) is 10.7. The summed E-state index contributed by atoms with van der Waals surface area (Å²) in [6.45, 7) is 1.80. The summed E-state index contributed by atoms with van der Waals surface area (Å²) in [6, 6.07) is 12.9. The molecule has 3 aromatic rings. The summed E-state index contributed by atoms with van der Waals surface area (Å²) < 4.78 is 0. The number of fused-ring (bicyclic) bond motifs is 1. The summed E-state index contributed by atoms with van der Waals surface area (Å²) >= 11 is 0. The number of phenols is 1. The molecule has 3 N–H and O–H groups in total. The average Bonchev–Trinajstić information content (AvgIpc) is 2.86. The molecule has 0 radical (unpaired) electrons. The number of anilines is 1. The van der Waals surface area contributed by atoms with E-state index in [1.807, 2.05) is 30.5 Å². The largest absolute Gasteiger partial charge is 0.508 e. The van der Waals surface area contributed by atoms with Crippen LogP contribution in [0.4, 0.5) is 5.69 Å². The number of hydrogen-bond donors (Lipinski definition) is 3. The van der Waals surface area contributed by atoms with Gasteiger partial charge in [0.2, 0.25) is 5.91 Å². The number of aromatic hydroxyl groups is 1. The molecule has 1 amide bonds. The minimum atomic E-state index is -0.0788. The quantitative estimate of drug-likeness (QED) is 0.644. The first-order chi connectivity index (χ1) is 10.1. The molecule has 0 bridgehead atoms. The van der Waals surface area contributed by atoms with Gasteiger partial charge in [-0.25, -0.2) is 0 Å². The molecule has 21 heavy (non-hydrogen) atoms. The molecule has 1 heterocycles. The molecular formula is C17H16N2O2. The van der Waals surface area contributed by atoms with Gasteiger partial charge in [-0.15, -0.1) is 0 Å². The Morgan fingerprint density at radius 1 is 1.24 bits per heavy atom. The van der Waals surface area contributed by atoms with Crippen molar-refractivity contribution in [1.82, 2.24) is 4.98 Å². The maximum atomic E-state index is 12.1. The van der Waals surface area contributed by atoms with Gasteiger partial charge in [0.05, 0.1) is 6.42 Å². The van der Waals surface area contributed by atoms with E-state index in [0.29, 0.717) is 12.1 Å². The Labute approximate surface area is 122 Å². The van der Waals surface area contributed by atoms with Gasteiger partial charge in [-0.1, -0.05) is 18.2 Å². The number of aromatic amines is 1. The number of benzene rings is 2. The zero-order valence-electron chi connectivity index (χ0n) is 11.7. The third kappa shape index (κ3) is 2.74. The third-order valence-corrected chi connectivity index (χ3v) is 3.51. The highest BCUT2D eigenvalue weighted by Crippen LogP contribution is 2.21. The van der Waals surface area contributed by atoms with Crippen molar-refractivity contribution in [2.45, 2.75) is 13.3 Å². The van der Waals surface area contributed by atoms with Crippen molar-refractivity contribution in [2.24, 2.45) is 0 Å². The highest BCUT2D eigenvalue weighted by Gasteiger charge is 2.09. The minimum absolute atomic E-state index is 0.0788. The second kappa shape index (κ2) is 5.32. The van der Waals surface area contributed by atoms with Crippen LogP contribution in [-0.2, 0) is 11.2 Å². The van der Waals surface area contributed by atoms with Crippen molar-refractivity contribution < 1.29 is 9.90 Å². The molecule has 2 aromatic carbocycles. The number of amides is 1. The lowest BCUT2D eigenvalue weighted by molar-refractivity contribution is -0.115. The van der Waals surface area contributed by atoms with Gasteiger partial charge in [-0.3, -0.25) is 4.79 Å². The standard InChI is InChI=1S/C17H16N2O2/c1-11-8-13(6-7-16(11)20)19-17(21)9-12-10-18-15-5-3-2-4-14(12)15/h2-8,10,18,20H,9H2,1H3,(H,19,21). The predicted octanol–water partition coefficient (Wildman–Crippen LogP) is 3.36. The van der Waals surface area contributed by atoms with Crippen molar-refractivity contribution in [3.05, 3.63) is 59.8 Å². The molecule has 106 valence electrons. The second-order valence-corrected chi connectivity index (χ2v) is 5.09. The van der Waals surface area contributed by atoms with Gasteiger partial charge in [-0.2, -0.15) is 0 Å².